The third-order valence-electron chi connectivity index (χ3n) is 2.27. The first-order valence-corrected chi connectivity index (χ1v) is 4.46. The van der Waals surface area contributed by atoms with E-state index < -0.39 is 23.4 Å². The summed E-state index contributed by atoms with van der Waals surface area (Å²) in [5.41, 5.74) is -3.62. The summed E-state index contributed by atoms with van der Waals surface area (Å²) in [5, 5.41) is -0.368. The van der Waals surface area contributed by atoms with Gasteiger partial charge in [-0.1, -0.05) is 0 Å². The van der Waals surface area contributed by atoms with Crippen LogP contribution in [0.15, 0.2) is 6.20 Å². The van der Waals surface area contributed by atoms with Gasteiger partial charge < -0.3 is 4.74 Å². The molecule has 0 N–H and O–H groups in total. The van der Waals surface area contributed by atoms with Gasteiger partial charge in [0.1, 0.15) is 11.3 Å². The molecule has 0 saturated heterocycles. The highest BCUT2D eigenvalue weighted by Gasteiger charge is 2.62. The number of cyclic esters (lactones) is 1. The van der Waals surface area contributed by atoms with Gasteiger partial charge in [-0.05, 0) is 18.5 Å². The lowest BCUT2D eigenvalue weighted by Gasteiger charge is -2.25. The zero-order valence-electron chi connectivity index (χ0n) is 7.80. The number of hydrogen-bond acceptors (Lipinski definition) is 4. The number of carbonyl (C=O) groups is 1. The lowest BCUT2D eigenvalue weighted by molar-refractivity contribution is -0.254. The standard InChI is InChI=1S/C8H4ClF3N2O2/c1-7(8(10,11)12)4-3(5(15)16-7)2-13-6(9)14-4/h2H,1H3. The Morgan fingerprint density at radius 3 is 2.69 bits per heavy atom. The first-order chi connectivity index (χ1) is 7.25. The molecule has 4 nitrogen and oxygen atoms in total. The molecule has 0 spiro atoms. The lowest BCUT2D eigenvalue weighted by atomic mass is 10.0. The first-order valence-electron chi connectivity index (χ1n) is 4.09. The molecule has 1 aromatic heterocycles. The van der Waals surface area contributed by atoms with Gasteiger partial charge in [-0.25, -0.2) is 14.8 Å². The monoisotopic (exact) mass is 252 g/mol. The largest absolute Gasteiger partial charge is 0.439 e. The quantitative estimate of drug-likeness (QED) is 0.524. The van der Waals surface area contributed by atoms with Crippen LogP contribution in [0.1, 0.15) is 23.0 Å². The van der Waals surface area contributed by atoms with E-state index >= 15 is 0 Å². The topological polar surface area (TPSA) is 52.1 Å². The molecule has 0 fully saturated rings. The van der Waals surface area contributed by atoms with Crippen molar-refractivity contribution in [1.29, 1.82) is 0 Å². The normalized spacial score (nSPS) is 24.2. The van der Waals surface area contributed by atoms with Crippen molar-refractivity contribution < 1.29 is 22.7 Å². The lowest BCUT2D eigenvalue weighted by Crippen LogP contribution is -2.40. The summed E-state index contributed by atoms with van der Waals surface area (Å²) in [6.07, 6.45) is -3.84. The average Bonchev–Trinajstić information content (AvgIpc) is 2.39. The van der Waals surface area contributed by atoms with Crippen LogP contribution in [0.5, 0.6) is 0 Å². The van der Waals surface area contributed by atoms with E-state index in [1.54, 1.807) is 0 Å². The van der Waals surface area contributed by atoms with Crippen molar-refractivity contribution >= 4 is 17.6 Å². The maximum Gasteiger partial charge on any atom is 0.434 e. The SMILES string of the molecule is CC1(C(F)(F)F)OC(=O)c2cnc(Cl)nc21. The Kier molecular flexibility index (Phi) is 2.13. The zero-order valence-corrected chi connectivity index (χ0v) is 8.56. The van der Waals surface area contributed by atoms with E-state index in [0.717, 1.165) is 13.1 Å². The van der Waals surface area contributed by atoms with Gasteiger partial charge in [-0.15, -0.1) is 0 Å². The summed E-state index contributed by atoms with van der Waals surface area (Å²) in [6.45, 7) is 0.722. The molecule has 0 saturated carbocycles. The number of rotatable bonds is 0. The summed E-state index contributed by atoms with van der Waals surface area (Å²) >= 11 is 5.39. The molecule has 1 unspecified atom stereocenters. The van der Waals surface area contributed by atoms with Crippen molar-refractivity contribution in [2.75, 3.05) is 0 Å². The summed E-state index contributed by atoms with van der Waals surface area (Å²) < 4.78 is 42.6. The van der Waals surface area contributed by atoms with E-state index in [1.165, 1.54) is 0 Å². The molecule has 0 bridgehead atoms. The number of nitrogens with zero attached hydrogens (tertiary/aromatic N) is 2. The third-order valence-corrected chi connectivity index (χ3v) is 2.45. The van der Waals surface area contributed by atoms with E-state index in [0.29, 0.717) is 0 Å². The summed E-state index contributed by atoms with van der Waals surface area (Å²) in [4.78, 5) is 18.0. The molecule has 86 valence electrons. The van der Waals surface area contributed by atoms with E-state index in [1.807, 2.05) is 0 Å². The van der Waals surface area contributed by atoms with Crippen molar-refractivity contribution in [1.82, 2.24) is 9.97 Å². The van der Waals surface area contributed by atoms with Crippen LogP contribution >= 0.6 is 11.6 Å². The number of aromatic nitrogens is 2. The van der Waals surface area contributed by atoms with Gasteiger partial charge in [0, 0.05) is 6.20 Å². The fourth-order valence-electron chi connectivity index (χ4n) is 1.35. The van der Waals surface area contributed by atoms with Gasteiger partial charge in [0.15, 0.2) is 0 Å². The van der Waals surface area contributed by atoms with Crippen molar-refractivity contribution in [2.24, 2.45) is 0 Å². The average molecular weight is 253 g/mol. The molecule has 0 aliphatic carbocycles. The minimum absolute atomic E-state index is 0.316. The van der Waals surface area contributed by atoms with Crippen LogP contribution in [-0.2, 0) is 10.3 Å². The number of hydrogen-bond donors (Lipinski definition) is 0. The fourth-order valence-corrected chi connectivity index (χ4v) is 1.49. The van der Waals surface area contributed by atoms with E-state index in [9.17, 15) is 18.0 Å². The van der Waals surface area contributed by atoms with Gasteiger partial charge >= 0.3 is 12.1 Å². The zero-order chi connectivity index (χ0) is 12.1. The van der Waals surface area contributed by atoms with Crippen molar-refractivity contribution in [3.05, 3.63) is 22.7 Å². The number of alkyl halides is 3. The summed E-state index contributed by atoms with van der Waals surface area (Å²) in [6, 6.07) is 0. The molecule has 0 aromatic carbocycles. The highest BCUT2D eigenvalue weighted by atomic mass is 35.5. The number of halogens is 4. The first kappa shape index (κ1) is 11.1. The van der Waals surface area contributed by atoms with Gasteiger partial charge in [0.2, 0.25) is 10.9 Å². The van der Waals surface area contributed by atoms with Crippen LogP contribution in [0.2, 0.25) is 5.28 Å². The Balaban J connectivity index is 2.66. The second-order valence-corrected chi connectivity index (χ2v) is 3.66. The molecular formula is C8H4ClF3N2O2. The van der Waals surface area contributed by atoms with Crippen LogP contribution in [-0.4, -0.2) is 22.1 Å². The molecule has 1 aromatic rings. The number of ether oxygens (including phenoxy) is 1. The van der Waals surface area contributed by atoms with Crippen LogP contribution in [0.25, 0.3) is 0 Å². The summed E-state index contributed by atoms with van der Waals surface area (Å²) in [7, 11) is 0. The molecule has 8 heteroatoms. The van der Waals surface area contributed by atoms with Crippen LogP contribution in [0, 0.1) is 0 Å². The summed E-state index contributed by atoms with van der Waals surface area (Å²) in [5.74, 6) is -1.11. The van der Waals surface area contributed by atoms with Gasteiger partial charge in [-0.3, -0.25) is 0 Å². The smallest absolute Gasteiger partial charge is 0.434 e. The molecule has 1 aliphatic rings. The van der Waals surface area contributed by atoms with E-state index in [-0.39, 0.29) is 10.8 Å². The van der Waals surface area contributed by atoms with Gasteiger partial charge in [0.05, 0.1) is 0 Å². The van der Waals surface area contributed by atoms with Crippen LogP contribution < -0.4 is 0 Å². The maximum absolute atomic E-state index is 12.7. The second kappa shape index (κ2) is 3.07. The Morgan fingerprint density at radius 2 is 2.12 bits per heavy atom. The molecule has 0 amide bonds. The van der Waals surface area contributed by atoms with E-state index in [4.69, 9.17) is 11.6 Å². The van der Waals surface area contributed by atoms with Crippen molar-refractivity contribution in [2.45, 2.75) is 18.7 Å². The number of carbonyl (C=O) groups excluding carboxylic acids is 1. The molecular weight excluding hydrogens is 249 g/mol. The second-order valence-electron chi connectivity index (χ2n) is 3.32. The minimum atomic E-state index is -4.76. The Hall–Kier alpha value is -1.37. The molecule has 0 radical (unpaired) electrons. The predicted molar refractivity (Wildman–Crippen MR) is 45.9 cm³/mol. The van der Waals surface area contributed by atoms with Crippen LogP contribution in [0.4, 0.5) is 13.2 Å². The Morgan fingerprint density at radius 1 is 1.50 bits per heavy atom. The molecule has 1 aliphatic heterocycles. The molecule has 2 rings (SSSR count). The van der Waals surface area contributed by atoms with Crippen molar-refractivity contribution in [3.63, 3.8) is 0 Å². The molecule has 16 heavy (non-hydrogen) atoms. The number of esters is 1. The van der Waals surface area contributed by atoms with Gasteiger partial charge in [0.25, 0.3) is 0 Å². The van der Waals surface area contributed by atoms with E-state index in [2.05, 4.69) is 14.7 Å². The molecule has 2 heterocycles. The highest BCUT2D eigenvalue weighted by molar-refractivity contribution is 6.28. The minimum Gasteiger partial charge on any atom is -0.439 e. The Bertz CT molecular complexity index is 477. The van der Waals surface area contributed by atoms with Crippen LogP contribution in [0.3, 0.4) is 0 Å². The number of fused-ring (bicyclic) bond motifs is 1. The highest BCUT2D eigenvalue weighted by Crippen LogP contribution is 2.46. The third kappa shape index (κ3) is 1.35. The van der Waals surface area contributed by atoms with Crippen molar-refractivity contribution in [3.8, 4) is 0 Å². The Labute approximate surface area is 92.4 Å². The fraction of sp³-hybridized carbons (Fsp3) is 0.375. The van der Waals surface area contributed by atoms with Gasteiger partial charge in [-0.2, -0.15) is 13.2 Å². The predicted octanol–water partition coefficient (Wildman–Crippen LogP) is 2.08. The molecule has 1 atom stereocenters. The maximum atomic E-state index is 12.7.